The first-order chi connectivity index (χ1) is 7.27. The van der Waals surface area contributed by atoms with E-state index in [0.29, 0.717) is 11.0 Å². The van der Waals surface area contributed by atoms with E-state index in [4.69, 9.17) is 18.0 Å². The van der Waals surface area contributed by atoms with Crippen LogP contribution in [-0.4, -0.2) is 16.0 Å². The molecule has 0 atom stereocenters. The van der Waals surface area contributed by atoms with E-state index in [-0.39, 0.29) is 0 Å². The van der Waals surface area contributed by atoms with Crippen LogP contribution in [0.1, 0.15) is 31.2 Å². The van der Waals surface area contributed by atoms with Crippen molar-refractivity contribution in [3.05, 3.63) is 23.9 Å². The van der Waals surface area contributed by atoms with Crippen molar-refractivity contribution in [3.63, 3.8) is 0 Å². The smallest absolute Gasteiger partial charge is 0.136 e. The van der Waals surface area contributed by atoms with Crippen molar-refractivity contribution in [2.75, 3.05) is 5.32 Å². The number of nitrogens with two attached hydrogens (primary N) is 1. The third-order valence-electron chi connectivity index (χ3n) is 2.77. The standard InChI is InChI=1S/C11H15N3S/c12-10(15)9-6-3-7-13-11(9)14-8-4-1-2-5-8/h3,6-8H,1-2,4-5H2,(H2,12,15)(H,13,14). The SMILES string of the molecule is NC(=S)c1cccnc1NC1CCCC1. The van der Waals surface area contributed by atoms with Crippen LogP contribution in [0, 0.1) is 0 Å². The molecule has 0 unspecified atom stereocenters. The van der Waals surface area contributed by atoms with E-state index < -0.39 is 0 Å². The molecule has 1 heterocycles. The Balaban J connectivity index is 2.15. The second-order valence-electron chi connectivity index (χ2n) is 3.89. The molecular formula is C11H15N3S. The van der Waals surface area contributed by atoms with Crippen LogP contribution in [0.25, 0.3) is 0 Å². The minimum absolute atomic E-state index is 0.406. The zero-order valence-electron chi connectivity index (χ0n) is 8.57. The number of rotatable bonds is 3. The summed E-state index contributed by atoms with van der Waals surface area (Å²) < 4.78 is 0. The Kier molecular flexibility index (Phi) is 3.16. The largest absolute Gasteiger partial charge is 0.389 e. The van der Waals surface area contributed by atoms with Crippen LogP contribution in [0.2, 0.25) is 0 Å². The van der Waals surface area contributed by atoms with Crippen molar-refractivity contribution >= 4 is 23.0 Å². The highest BCUT2D eigenvalue weighted by Crippen LogP contribution is 2.22. The van der Waals surface area contributed by atoms with Gasteiger partial charge in [0.1, 0.15) is 10.8 Å². The molecule has 3 N–H and O–H groups in total. The van der Waals surface area contributed by atoms with Crippen LogP contribution >= 0.6 is 12.2 Å². The molecule has 0 spiro atoms. The Morgan fingerprint density at radius 3 is 2.87 bits per heavy atom. The molecular weight excluding hydrogens is 206 g/mol. The van der Waals surface area contributed by atoms with Crippen molar-refractivity contribution in [1.82, 2.24) is 4.98 Å². The third-order valence-corrected chi connectivity index (χ3v) is 2.99. The van der Waals surface area contributed by atoms with Crippen molar-refractivity contribution in [1.29, 1.82) is 0 Å². The van der Waals surface area contributed by atoms with Gasteiger partial charge in [-0.25, -0.2) is 4.98 Å². The Morgan fingerprint density at radius 2 is 2.20 bits per heavy atom. The second-order valence-corrected chi connectivity index (χ2v) is 4.33. The molecule has 1 aromatic heterocycles. The Labute approximate surface area is 95.1 Å². The van der Waals surface area contributed by atoms with Crippen LogP contribution in [-0.2, 0) is 0 Å². The first kappa shape index (κ1) is 10.4. The molecule has 0 radical (unpaired) electrons. The maximum absolute atomic E-state index is 5.64. The molecule has 4 heteroatoms. The highest BCUT2D eigenvalue weighted by molar-refractivity contribution is 7.80. The Hall–Kier alpha value is -1.16. The average Bonchev–Trinajstić information content (AvgIpc) is 2.71. The van der Waals surface area contributed by atoms with E-state index in [1.807, 2.05) is 12.1 Å². The summed E-state index contributed by atoms with van der Waals surface area (Å²) in [4.78, 5) is 4.69. The van der Waals surface area contributed by atoms with Crippen LogP contribution in [0.4, 0.5) is 5.82 Å². The quantitative estimate of drug-likeness (QED) is 0.767. The van der Waals surface area contributed by atoms with Gasteiger partial charge in [0.25, 0.3) is 0 Å². The Morgan fingerprint density at radius 1 is 1.47 bits per heavy atom. The molecule has 3 nitrogen and oxygen atoms in total. The predicted molar refractivity (Wildman–Crippen MR) is 66.0 cm³/mol. The maximum atomic E-state index is 5.64. The van der Waals surface area contributed by atoms with E-state index >= 15 is 0 Å². The van der Waals surface area contributed by atoms with Gasteiger partial charge in [0.2, 0.25) is 0 Å². The van der Waals surface area contributed by atoms with Crippen LogP contribution < -0.4 is 11.1 Å². The van der Waals surface area contributed by atoms with Gasteiger partial charge in [-0.05, 0) is 25.0 Å². The molecule has 15 heavy (non-hydrogen) atoms. The van der Waals surface area contributed by atoms with Gasteiger partial charge in [-0.2, -0.15) is 0 Å². The van der Waals surface area contributed by atoms with Crippen molar-refractivity contribution in [2.45, 2.75) is 31.7 Å². The van der Waals surface area contributed by atoms with Crippen molar-refractivity contribution < 1.29 is 0 Å². The summed E-state index contributed by atoms with van der Waals surface area (Å²) in [5.41, 5.74) is 6.49. The lowest BCUT2D eigenvalue weighted by atomic mass is 10.2. The summed E-state index contributed by atoms with van der Waals surface area (Å²) in [5, 5.41) is 3.41. The van der Waals surface area contributed by atoms with E-state index in [2.05, 4.69) is 10.3 Å². The topological polar surface area (TPSA) is 50.9 Å². The molecule has 1 aromatic rings. The fourth-order valence-electron chi connectivity index (χ4n) is 1.98. The molecule has 1 aliphatic carbocycles. The molecule has 2 rings (SSSR count). The number of anilines is 1. The van der Waals surface area contributed by atoms with E-state index in [9.17, 15) is 0 Å². The molecule has 0 saturated heterocycles. The van der Waals surface area contributed by atoms with Gasteiger partial charge in [-0.1, -0.05) is 25.1 Å². The molecule has 0 amide bonds. The highest BCUT2D eigenvalue weighted by atomic mass is 32.1. The van der Waals surface area contributed by atoms with Crippen LogP contribution in [0.3, 0.4) is 0 Å². The lowest BCUT2D eigenvalue weighted by Gasteiger charge is -2.15. The maximum Gasteiger partial charge on any atom is 0.136 e. The van der Waals surface area contributed by atoms with Gasteiger partial charge in [-0.3, -0.25) is 0 Å². The van der Waals surface area contributed by atoms with Crippen molar-refractivity contribution in [2.24, 2.45) is 5.73 Å². The van der Waals surface area contributed by atoms with Gasteiger partial charge < -0.3 is 11.1 Å². The van der Waals surface area contributed by atoms with Crippen LogP contribution in [0.15, 0.2) is 18.3 Å². The Bertz CT molecular complexity index is 359. The van der Waals surface area contributed by atoms with Gasteiger partial charge in [-0.15, -0.1) is 0 Å². The van der Waals surface area contributed by atoms with Gasteiger partial charge in [0.15, 0.2) is 0 Å². The molecule has 1 fully saturated rings. The summed E-state index contributed by atoms with van der Waals surface area (Å²) >= 11 is 4.99. The summed E-state index contributed by atoms with van der Waals surface area (Å²) in [7, 11) is 0. The average molecular weight is 221 g/mol. The molecule has 0 aliphatic heterocycles. The fraction of sp³-hybridized carbons (Fsp3) is 0.455. The minimum atomic E-state index is 0.406. The zero-order valence-corrected chi connectivity index (χ0v) is 9.39. The molecule has 0 bridgehead atoms. The second kappa shape index (κ2) is 4.57. The van der Waals surface area contributed by atoms with E-state index in [0.717, 1.165) is 11.4 Å². The van der Waals surface area contributed by atoms with Crippen LogP contribution in [0.5, 0.6) is 0 Å². The summed E-state index contributed by atoms with van der Waals surface area (Å²) in [6.07, 6.45) is 6.79. The number of nitrogens with one attached hydrogen (secondary N) is 1. The lowest BCUT2D eigenvalue weighted by molar-refractivity contribution is 0.750. The fourth-order valence-corrected chi connectivity index (χ4v) is 2.15. The van der Waals surface area contributed by atoms with Crippen molar-refractivity contribution in [3.8, 4) is 0 Å². The number of thiocarbonyl (C=S) groups is 1. The third kappa shape index (κ3) is 2.45. The summed E-state index contributed by atoms with van der Waals surface area (Å²) in [5.74, 6) is 0.830. The lowest BCUT2D eigenvalue weighted by Crippen LogP contribution is -2.20. The number of nitrogens with zero attached hydrogens (tertiary/aromatic N) is 1. The predicted octanol–water partition coefficient (Wildman–Crippen LogP) is 2.07. The van der Waals surface area contributed by atoms with Gasteiger partial charge >= 0.3 is 0 Å². The number of aromatic nitrogens is 1. The number of hydrogen-bond acceptors (Lipinski definition) is 3. The molecule has 1 aliphatic rings. The zero-order chi connectivity index (χ0) is 10.7. The molecule has 1 saturated carbocycles. The summed E-state index contributed by atoms with van der Waals surface area (Å²) in [6.45, 7) is 0. The normalized spacial score (nSPS) is 16.5. The van der Waals surface area contributed by atoms with E-state index in [1.54, 1.807) is 6.20 Å². The number of pyridine rings is 1. The minimum Gasteiger partial charge on any atom is -0.389 e. The number of hydrogen-bond donors (Lipinski definition) is 2. The summed E-state index contributed by atoms with van der Waals surface area (Å²) in [6, 6.07) is 4.30. The van der Waals surface area contributed by atoms with E-state index in [1.165, 1.54) is 25.7 Å². The molecule has 0 aromatic carbocycles. The highest BCUT2D eigenvalue weighted by Gasteiger charge is 2.16. The van der Waals surface area contributed by atoms with Gasteiger partial charge in [0, 0.05) is 12.2 Å². The molecule has 80 valence electrons. The first-order valence-corrected chi connectivity index (χ1v) is 5.69. The van der Waals surface area contributed by atoms with Gasteiger partial charge in [0.05, 0.1) is 5.56 Å². The first-order valence-electron chi connectivity index (χ1n) is 5.29. The monoisotopic (exact) mass is 221 g/mol.